The van der Waals surface area contributed by atoms with E-state index in [1.807, 2.05) is 73.7 Å². The van der Waals surface area contributed by atoms with E-state index >= 15 is 0 Å². The Labute approximate surface area is 175 Å². The van der Waals surface area contributed by atoms with Gasteiger partial charge in [0.1, 0.15) is 25.0 Å². The average molecular weight is 404 g/mol. The fourth-order valence-electron chi connectivity index (χ4n) is 3.37. The molecular weight excluding hydrogens is 380 g/mol. The number of nitrogens with one attached hydrogen (secondary N) is 2. The van der Waals surface area contributed by atoms with Gasteiger partial charge >= 0.3 is 0 Å². The van der Waals surface area contributed by atoms with Crippen LogP contribution in [0.5, 0.6) is 17.2 Å². The van der Waals surface area contributed by atoms with Gasteiger partial charge in [-0.2, -0.15) is 0 Å². The summed E-state index contributed by atoms with van der Waals surface area (Å²) in [6, 6.07) is 20.2. The standard InChI is InChI=1S/C24H24N2O4/c1-16-8-10-20(28-2)19(14-16)26-24(27)23(17-6-4-3-5-7-17)25-18-9-11-21-22(15-18)30-13-12-29-21/h3-11,14-15,23,25H,12-13H2,1-2H3,(H,26,27). The van der Waals surface area contributed by atoms with E-state index in [0.717, 1.165) is 16.8 Å². The molecule has 2 N–H and O–H groups in total. The van der Waals surface area contributed by atoms with Crippen LogP contribution in [0.3, 0.4) is 0 Å². The molecule has 6 heteroatoms. The highest BCUT2D eigenvalue weighted by Gasteiger charge is 2.23. The molecule has 0 radical (unpaired) electrons. The molecule has 4 rings (SSSR count). The first-order valence-electron chi connectivity index (χ1n) is 9.80. The minimum Gasteiger partial charge on any atom is -0.495 e. The third-order valence-corrected chi connectivity index (χ3v) is 4.86. The van der Waals surface area contributed by atoms with Crippen molar-refractivity contribution in [3.8, 4) is 17.2 Å². The van der Waals surface area contributed by atoms with E-state index in [-0.39, 0.29) is 5.91 Å². The summed E-state index contributed by atoms with van der Waals surface area (Å²) in [5, 5.41) is 6.33. The number of ether oxygens (including phenoxy) is 3. The van der Waals surface area contributed by atoms with Crippen molar-refractivity contribution in [3.05, 3.63) is 77.9 Å². The van der Waals surface area contributed by atoms with Gasteiger partial charge in [-0.1, -0.05) is 36.4 Å². The third-order valence-electron chi connectivity index (χ3n) is 4.86. The van der Waals surface area contributed by atoms with Gasteiger partial charge in [0.05, 0.1) is 12.8 Å². The zero-order valence-corrected chi connectivity index (χ0v) is 17.0. The highest BCUT2D eigenvalue weighted by molar-refractivity contribution is 5.98. The lowest BCUT2D eigenvalue weighted by Crippen LogP contribution is -2.27. The fraction of sp³-hybridized carbons (Fsp3) is 0.208. The molecule has 6 nitrogen and oxygen atoms in total. The summed E-state index contributed by atoms with van der Waals surface area (Å²) in [7, 11) is 1.59. The Morgan fingerprint density at radius 2 is 1.73 bits per heavy atom. The van der Waals surface area contributed by atoms with E-state index in [1.165, 1.54) is 0 Å². The molecule has 30 heavy (non-hydrogen) atoms. The van der Waals surface area contributed by atoms with Gasteiger partial charge < -0.3 is 24.8 Å². The van der Waals surface area contributed by atoms with Crippen molar-refractivity contribution in [1.29, 1.82) is 0 Å². The number of fused-ring (bicyclic) bond motifs is 1. The van der Waals surface area contributed by atoms with Crippen molar-refractivity contribution in [3.63, 3.8) is 0 Å². The molecule has 154 valence electrons. The second-order valence-corrected chi connectivity index (χ2v) is 7.04. The quantitative estimate of drug-likeness (QED) is 0.630. The number of amides is 1. The van der Waals surface area contributed by atoms with Gasteiger partial charge in [-0.3, -0.25) is 4.79 Å². The molecule has 0 saturated carbocycles. The highest BCUT2D eigenvalue weighted by atomic mass is 16.6. The molecule has 1 aliphatic heterocycles. The number of anilines is 2. The van der Waals surface area contributed by atoms with Gasteiger partial charge in [-0.25, -0.2) is 0 Å². The minimum atomic E-state index is -0.612. The predicted octanol–water partition coefficient (Wildman–Crippen LogP) is 4.57. The molecule has 1 heterocycles. The maximum Gasteiger partial charge on any atom is 0.251 e. The number of aryl methyl sites for hydroxylation is 1. The van der Waals surface area contributed by atoms with Crippen LogP contribution in [-0.4, -0.2) is 26.2 Å². The van der Waals surface area contributed by atoms with Gasteiger partial charge in [0.25, 0.3) is 5.91 Å². The lowest BCUT2D eigenvalue weighted by atomic mass is 10.0. The lowest BCUT2D eigenvalue weighted by molar-refractivity contribution is -0.117. The van der Waals surface area contributed by atoms with Crippen molar-refractivity contribution in [2.24, 2.45) is 0 Å². The van der Waals surface area contributed by atoms with Crippen LogP contribution in [0.4, 0.5) is 11.4 Å². The minimum absolute atomic E-state index is 0.194. The Balaban J connectivity index is 1.62. The number of benzene rings is 3. The van der Waals surface area contributed by atoms with Crippen LogP contribution in [0.15, 0.2) is 66.7 Å². The van der Waals surface area contributed by atoms with Crippen LogP contribution in [-0.2, 0) is 4.79 Å². The summed E-state index contributed by atoms with van der Waals surface area (Å²) in [6.07, 6.45) is 0. The second-order valence-electron chi connectivity index (χ2n) is 7.04. The number of hydrogen-bond donors (Lipinski definition) is 2. The zero-order chi connectivity index (χ0) is 20.9. The van der Waals surface area contributed by atoms with Gasteiger partial charge in [-0.05, 0) is 42.3 Å². The number of carbonyl (C=O) groups excluding carboxylic acids is 1. The van der Waals surface area contributed by atoms with Crippen molar-refractivity contribution in [1.82, 2.24) is 0 Å². The molecular formula is C24H24N2O4. The first kappa shape index (κ1) is 19.6. The van der Waals surface area contributed by atoms with Crippen LogP contribution < -0.4 is 24.8 Å². The van der Waals surface area contributed by atoms with E-state index in [9.17, 15) is 4.79 Å². The SMILES string of the molecule is COc1ccc(C)cc1NC(=O)C(Nc1ccc2c(c1)OCCO2)c1ccccc1. The molecule has 3 aromatic rings. The predicted molar refractivity (Wildman–Crippen MR) is 117 cm³/mol. The molecule has 0 bridgehead atoms. The number of hydrogen-bond acceptors (Lipinski definition) is 5. The molecule has 3 aromatic carbocycles. The molecule has 0 saturated heterocycles. The summed E-state index contributed by atoms with van der Waals surface area (Å²) in [5.74, 6) is 1.79. The van der Waals surface area contributed by atoms with Crippen molar-refractivity contribution >= 4 is 17.3 Å². The smallest absolute Gasteiger partial charge is 0.251 e. The van der Waals surface area contributed by atoms with Crippen LogP contribution in [0.1, 0.15) is 17.2 Å². The van der Waals surface area contributed by atoms with Crippen molar-refractivity contribution in [2.45, 2.75) is 13.0 Å². The molecule has 1 atom stereocenters. The molecule has 1 aliphatic rings. The van der Waals surface area contributed by atoms with Crippen LogP contribution in [0.25, 0.3) is 0 Å². The van der Waals surface area contributed by atoms with Gasteiger partial charge in [-0.15, -0.1) is 0 Å². The average Bonchev–Trinajstić information content (AvgIpc) is 2.78. The van der Waals surface area contributed by atoms with E-state index in [2.05, 4.69) is 10.6 Å². The Kier molecular flexibility index (Phi) is 5.75. The number of rotatable bonds is 6. The van der Waals surface area contributed by atoms with Gasteiger partial charge in [0.2, 0.25) is 0 Å². The largest absolute Gasteiger partial charge is 0.495 e. The maximum absolute atomic E-state index is 13.3. The topological polar surface area (TPSA) is 68.8 Å². The molecule has 0 fully saturated rings. The third kappa shape index (κ3) is 4.33. The Bertz CT molecular complexity index is 1040. The Morgan fingerprint density at radius 3 is 2.50 bits per heavy atom. The first-order valence-corrected chi connectivity index (χ1v) is 9.80. The lowest BCUT2D eigenvalue weighted by Gasteiger charge is -2.23. The second kappa shape index (κ2) is 8.78. The molecule has 1 amide bonds. The van der Waals surface area contributed by atoms with Crippen molar-refractivity contribution < 1.29 is 19.0 Å². The summed E-state index contributed by atoms with van der Waals surface area (Å²) in [4.78, 5) is 13.3. The molecule has 0 aliphatic carbocycles. The number of methoxy groups -OCH3 is 1. The maximum atomic E-state index is 13.3. The van der Waals surface area contributed by atoms with Crippen molar-refractivity contribution in [2.75, 3.05) is 31.0 Å². The first-order chi connectivity index (χ1) is 14.6. The fourth-order valence-corrected chi connectivity index (χ4v) is 3.37. The zero-order valence-electron chi connectivity index (χ0n) is 17.0. The summed E-state index contributed by atoms with van der Waals surface area (Å²) >= 11 is 0. The normalized spacial score (nSPS) is 13.3. The Hall–Kier alpha value is -3.67. The monoisotopic (exact) mass is 404 g/mol. The van der Waals surface area contributed by atoms with E-state index in [0.29, 0.717) is 36.1 Å². The Morgan fingerprint density at radius 1 is 0.967 bits per heavy atom. The molecule has 0 spiro atoms. The van der Waals surface area contributed by atoms with Crippen LogP contribution in [0, 0.1) is 6.92 Å². The van der Waals surface area contributed by atoms with E-state index in [1.54, 1.807) is 7.11 Å². The molecule has 1 unspecified atom stereocenters. The summed E-state index contributed by atoms with van der Waals surface area (Å²) in [6.45, 7) is 3.01. The van der Waals surface area contributed by atoms with Crippen LogP contribution in [0.2, 0.25) is 0 Å². The van der Waals surface area contributed by atoms with Crippen LogP contribution >= 0.6 is 0 Å². The summed E-state index contributed by atoms with van der Waals surface area (Å²) < 4.78 is 16.7. The van der Waals surface area contributed by atoms with Gasteiger partial charge in [0.15, 0.2) is 11.5 Å². The number of carbonyl (C=O) groups is 1. The highest BCUT2D eigenvalue weighted by Crippen LogP contribution is 2.34. The molecule has 0 aromatic heterocycles. The van der Waals surface area contributed by atoms with E-state index in [4.69, 9.17) is 14.2 Å². The van der Waals surface area contributed by atoms with E-state index < -0.39 is 6.04 Å². The summed E-state index contributed by atoms with van der Waals surface area (Å²) in [5.41, 5.74) is 3.27. The van der Waals surface area contributed by atoms with Gasteiger partial charge in [0, 0.05) is 11.8 Å².